The molecule has 0 nitrogen and oxygen atoms in total. The van der Waals surface area contributed by atoms with Crippen molar-refractivity contribution in [2.24, 2.45) is 11.8 Å². The van der Waals surface area contributed by atoms with E-state index in [4.69, 9.17) is 0 Å². The zero-order valence-electron chi connectivity index (χ0n) is 5.78. The van der Waals surface area contributed by atoms with Crippen molar-refractivity contribution in [1.82, 2.24) is 0 Å². The first kappa shape index (κ1) is 5.87. The standard InChI is InChI=1S/C8H14/c1-6-4-5-7(2)8(6)3/h7-8H,1,4-5H2,2-3H3. The van der Waals surface area contributed by atoms with Gasteiger partial charge in [-0.05, 0) is 24.7 Å². The molecule has 0 radical (unpaired) electrons. The van der Waals surface area contributed by atoms with Crippen LogP contribution in [0.2, 0.25) is 0 Å². The highest BCUT2D eigenvalue weighted by atomic mass is 14.3. The minimum absolute atomic E-state index is 0.787. The highest BCUT2D eigenvalue weighted by Gasteiger charge is 2.21. The van der Waals surface area contributed by atoms with Gasteiger partial charge in [0, 0.05) is 0 Å². The maximum atomic E-state index is 3.99. The maximum absolute atomic E-state index is 3.99. The van der Waals surface area contributed by atoms with Crippen LogP contribution >= 0.6 is 0 Å². The van der Waals surface area contributed by atoms with Crippen LogP contribution in [0.1, 0.15) is 26.7 Å². The van der Waals surface area contributed by atoms with Crippen LogP contribution in [0.5, 0.6) is 0 Å². The molecule has 8 heavy (non-hydrogen) atoms. The van der Waals surface area contributed by atoms with Gasteiger partial charge in [-0.2, -0.15) is 0 Å². The minimum Gasteiger partial charge on any atom is -0.0996 e. The van der Waals surface area contributed by atoms with Crippen LogP contribution in [-0.4, -0.2) is 0 Å². The summed E-state index contributed by atoms with van der Waals surface area (Å²) in [5, 5.41) is 0. The molecule has 0 amide bonds. The Labute approximate surface area is 51.6 Å². The maximum Gasteiger partial charge on any atom is -0.0209 e. The molecule has 1 saturated carbocycles. The molecule has 0 aromatic rings. The van der Waals surface area contributed by atoms with Crippen molar-refractivity contribution < 1.29 is 0 Å². The van der Waals surface area contributed by atoms with Crippen LogP contribution in [0.3, 0.4) is 0 Å². The summed E-state index contributed by atoms with van der Waals surface area (Å²) in [6, 6.07) is 0. The Kier molecular flexibility index (Phi) is 1.41. The molecule has 0 aliphatic heterocycles. The second kappa shape index (κ2) is 1.93. The monoisotopic (exact) mass is 110 g/mol. The van der Waals surface area contributed by atoms with E-state index in [9.17, 15) is 0 Å². The second-order valence-electron chi connectivity index (χ2n) is 2.96. The Morgan fingerprint density at radius 1 is 1.50 bits per heavy atom. The van der Waals surface area contributed by atoms with Gasteiger partial charge in [0.15, 0.2) is 0 Å². The third-order valence-electron chi connectivity index (χ3n) is 2.42. The zero-order valence-corrected chi connectivity index (χ0v) is 5.78. The summed E-state index contributed by atoms with van der Waals surface area (Å²) in [5.74, 6) is 1.68. The first-order chi connectivity index (χ1) is 3.72. The quantitative estimate of drug-likeness (QED) is 0.420. The molecule has 0 saturated heterocycles. The smallest absolute Gasteiger partial charge is 0.0209 e. The summed E-state index contributed by atoms with van der Waals surface area (Å²) in [4.78, 5) is 0. The topological polar surface area (TPSA) is 0 Å². The van der Waals surface area contributed by atoms with Crippen molar-refractivity contribution in [1.29, 1.82) is 0 Å². The van der Waals surface area contributed by atoms with Crippen LogP contribution in [-0.2, 0) is 0 Å². The highest BCUT2D eigenvalue weighted by Crippen LogP contribution is 2.34. The molecular weight excluding hydrogens is 96.1 g/mol. The van der Waals surface area contributed by atoms with E-state index in [1.807, 2.05) is 0 Å². The molecule has 0 aromatic heterocycles. The Morgan fingerprint density at radius 2 is 2.12 bits per heavy atom. The summed E-state index contributed by atoms with van der Waals surface area (Å²) >= 11 is 0. The lowest BCUT2D eigenvalue weighted by atomic mass is 9.99. The lowest BCUT2D eigenvalue weighted by Gasteiger charge is -2.07. The van der Waals surface area contributed by atoms with E-state index < -0.39 is 0 Å². The zero-order chi connectivity index (χ0) is 6.15. The van der Waals surface area contributed by atoms with E-state index >= 15 is 0 Å². The Morgan fingerprint density at radius 3 is 2.25 bits per heavy atom. The van der Waals surface area contributed by atoms with E-state index in [-0.39, 0.29) is 0 Å². The van der Waals surface area contributed by atoms with Crippen LogP contribution in [0.25, 0.3) is 0 Å². The van der Waals surface area contributed by atoms with Crippen molar-refractivity contribution in [3.05, 3.63) is 12.2 Å². The summed E-state index contributed by atoms with van der Waals surface area (Å²) in [6.07, 6.45) is 2.63. The van der Waals surface area contributed by atoms with Gasteiger partial charge in [0.1, 0.15) is 0 Å². The van der Waals surface area contributed by atoms with E-state index in [0.29, 0.717) is 0 Å². The second-order valence-corrected chi connectivity index (χ2v) is 2.96. The summed E-state index contributed by atoms with van der Waals surface area (Å²) in [6.45, 7) is 8.57. The number of hydrogen-bond donors (Lipinski definition) is 0. The average Bonchev–Trinajstić information content (AvgIpc) is 1.98. The van der Waals surface area contributed by atoms with Crippen LogP contribution in [0, 0.1) is 11.8 Å². The van der Waals surface area contributed by atoms with E-state index in [1.54, 1.807) is 0 Å². The largest absolute Gasteiger partial charge is 0.0996 e. The average molecular weight is 110 g/mol. The number of rotatable bonds is 0. The van der Waals surface area contributed by atoms with Gasteiger partial charge in [-0.15, -0.1) is 0 Å². The molecule has 0 N–H and O–H groups in total. The van der Waals surface area contributed by atoms with Crippen LogP contribution in [0.4, 0.5) is 0 Å². The first-order valence-electron chi connectivity index (χ1n) is 3.39. The molecule has 2 atom stereocenters. The van der Waals surface area contributed by atoms with E-state index in [1.165, 1.54) is 18.4 Å². The van der Waals surface area contributed by atoms with Crippen molar-refractivity contribution >= 4 is 0 Å². The van der Waals surface area contributed by atoms with Crippen molar-refractivity contribution in [3.63, 3.8) is 0 Å². The summed E-state index contributed by atoms with van der Waals surface area (Å²) in [5.41, 5.74) is 1.46. The molecule has 0 bridgehead atoms. The Hall–Kier alpha value is -0.260. The van der Waals surface area contributed by atoms with Gasteiger partial charge in [-0.1, -0.05) is 26.0 Å². The molecule has 0 heteroatoms. The first-order valence-corrected chi connectivity index (χ1v) is 3.39. The fourth-order valence-corrected chi connectivity index (χ4v) is 1.29. The van der Waals surface area contributed by atoms with Crippen LogP contribution < -0.4 is 0 Å². The van der Waals surface area contributed by atoms with Crippen molar-refractivity contribution in [3.8, 4) is 0 Å². The summed E-state index contributed by atoms with van der Waals surface area (Å²) < 4.78 is 0. The molecule has 0 heterocycles. The molecule has 0 spiro atoms. The molecule has 46 valence electrons. The van der Waals surface area contributed by atoms with Gasteiger partial charge >= 0.3 is 0 Å². The highest BCUT2D eigenvalue weighted by molar-refractivity contribution is 5.06. The van der Waals surface area contributed by atoms with Crippen molar-refractivity contribution in [2.75, 3.05) is 0 Å². The third-order valence-corrected chi connectivity index (χ3v) is 2.42. The Bertz CT molecular complexity index is 103. The molecule has 0 aromatic carbocycles. The van der Waals surface area contributed by atoms with E-state index in [2.05, 4.69) is 20.4 Å². The van der Waals surface area contributed by atoms with Gasteiger partial charge < -0.3 is 0 Å². The molecule has 1 aliphatic rings. The molecule has 1 rings (SSSR count). The minimum atomic E-state index is 0.787. The fraction of sp³-hybridized carbons (Fsp3) is 0.750. The third kappa shape index (κ3) is 0.795. The molecular formula is C8H14. The van der Waals surface area contributed by atoms with Crippen LogP contribution in [0.15, 0.2) is 12.2 Å². The fourth-order valence-electron chi connectivity index (χ4n) is 1.29. The lowest BCUT2D eigenvalue weighted by Crippen LogP contribution is -1.97. The lowest BCUT2D eigenvalue weighted by molar-refractivity contribution is 0.494. The van der Waals surface area contributed by atoms with Gasteiger partial charge in [-0.25, -0.2) is 0 Å². The predicted octanol–water partition coefficient (Wildman–Crippen LogP) is 2.61. The Balaban J connectivity index is 2.56. The van der Waals surface area contributed by atoms with Gasteiger partial charge in [0.05, 0.1) is 0 Å². The SMILES string of the molecule is C=C1CCC(C)C1C. The van der Waals surface area contributed by atoms with Gasteiger partial charge in [0.25, 0.3) is 0 Å². The molecule has 1 fully saturated rings. The molecule has 1 aliphatic carbocycles. The number of allylic oxidation sites excluding steroid dienone is 1. The predicted molar refractivity (Wildman–Crippen MR) is 36.7 cm³/mol. The van der Waals surface area contributed by atoms with Gasteiger partial charge in [0.2, 0.25) is 0 Å². The summed E-state index contributed by atoms with van der Waals surface area (Å²) in [7, 11) is 0. The van der Waals surface area contributed by atoms with Gasteiger partial charge in [-0.3, -0.25) is 0 Å². The normalized spacial score (nSPS) is 38.5. The molecule has 2 unspecified atom stereocenters. The van der Waals surface area contributed by atoms with E-state index in [0.717, 1.165) is 11.8 Å². The number of hydrogen-bond acceptors (Lipinski definition) is 0. The van der Waals surface area contributed by atoms with Crippen molar-refractivity contribution in [2.45, 2.75) is 26.7 Å².